The van der Waals surface area contributed by atoms with E-state index < -0.39 is 0 Å². The number of rotatable bonds is 14. The van der Waals surface area contributed by atoms with E-state index in [2.05, 4.69) is 169 Å². The van der Waals surface area contributed by atoms with Crippen LogP contribution in [0.1, 0.15) is 79.6 Å². The Labute approximate surface area is 348 Å². The second-order valence-electron chi connectivity index (χ2n) is 16.2. The molecule has 0 spiro atoms. The standard InChI is InChI=1S/C50H48N4O2.C3H8/c1-4-34(2)29-35(3)17-6-5-15-28-55-40-19-16-18-36(32-40)49-51-52-50(56-49)37-30-38(53-45-24-11-7-20-41(45)42-21-8-12-25-46(42)53)33-39(31-37)54-47-26-13-9-22-43(47)44-23-10-14-27-48(44)54;1-3-2/h7-14,16,18-27,30-35H,4-6,15,17,28-29H2,1-3H3;3H2,1-2H3. The van der Waals surface area contributed by atoms with E-state index in [1.807, 2.05) is 24.3 Å². The molecule has 6 heteroatoms. The number of aromatic nitrogens is 4. The highest BCUT2D eigenvalue weighted by Gasteiger charge is 2.19. The summed E-state index contributed by atoms with van der Waals surface area (Å²) in [6, 6.07) is 49.0. The number of benzene rings is 6. The number of hydrogen-bond acceptors (Lipinski definition) is 4. The number of fused-ring (bicyclic) bond motifs is 6. The molecule has 6 aromatic carbocycles. The first kappa shape index (κ1) is 39.7. The molecule has 0 aliphatic heterocycles. The van der Waals surface area contributed by atoms with Crippen LogP contribution >= 0.6 is 0 Å². The zero-order valence-electron chi connectivity index (χ0n) is 35.2. The molecule has 0 fully saturated rings. The van der Waals surface area contributed by atoms with Gasteiger partial charge in [-0.2, -0.15) is 0 Å². The molecular weight excluding hydrogens is 725 g/mol. The van der Waals surface area contributed by atoms with Gasteiger partial charge in [-0.15, -0.1) is 10.2 Å². The van der Waals surface area contributed by atoms with Crippen molar-refractivity contribution < 1.29 is 9.15 Å². The summed E-state index contributed by atoms with van der Waals surface area (Å²) >= 11 is 0. The van der Waals surface area contributed by atoms with E-state index in [0.29, 0.717) is 18.4 Å². The third-order valence-corrected chi connectivity index (χ3v) is 11.4. The van der Waals surface area contributed by atoms with Gasteiger partial charge in [0.1, 0.15) is 5.75 Å². The van der Waals surface area contributed by atoms with Gasteiger partial charge in [0.25, 0.3) is 0 Å². The lowest BCUT2D eigenvalue weighted by Crippen LogP contribution is -2.03. The van der Waals surface area contributed by atoms with Gasteiger partial charge in [-0.1, -0.05) is 146 Å². The lowest BCUT2D eigenvalue weighted by atomic mass is 9.91. The summed E-state index contributed by atoms with van der Waals surface area (Å²) in [5, 5.41) is 14.0. The molecular formula is C53H56N4O2. The summed E-state index contributed by atoms with van der Waals surface area (Å²) in [5.74, 6) is 3.34. The highest BCUT2D eigenvalue weighted by molar-refractivity contribution is 6.10. The Hall–Kier alpha value is -6.14. The van der Waals surface area contributed by atoms with Crippen molar-refractivity contribution in [3.8, 4) is 40.0 Å². The van der Waals surface area contributed by atoms with E-state index in [9.17, 15) is 0 Å². The minimum Gasteiger partial charge on any atom is -0.494 e. The smallest absolute Gasteiger partial charge is 0.248 e. The number of hydrogen-bond donors (Lipinski definition) is 0. The van der Waals surface area contributed by atoms with Crippen LogP contribution in [0.3, 0.4) is 0 Å². The molecule has 3 aromatic heterocycles. The van der Waals surface area contributed by atoms with Gasteiger partial charge in [0.15, 0.2) is 0 Å². The Morgan fingerprint density at radius 1 is 0.525 bits per heavy atom. The van der Waals surface area contributed by atoms with Gasteiger partial charge >= 0.3 is 0 Å². The highest BCUT2D eigenvalue weighted by Crippen LogP contribution is 2.38. The number of unbranched alkanes of at least 4 members (excludes halogenated alkanes) is 2. The summed E-state index contributed by atoms with van der Waals surface area (Å²) in [6.45, 7) is 12.0. The van der Waals surface area contributed by atoms with Crippen molar-refractivity contribution >= 4 is 43.6 Å². The molecule has 0 aliphatic carbocycles. The van der Waals surface area contributed by atoms with Crippen molar-refractivity contribution in [2.45, 2.75) is 79.6 Å². The maximum atomic E-state index is 6.52. The second kappa shape index (κ2) is 18.2. The van der Waals surface area contributed by atoms with E-state index in [1.165, 1.54) is 60.1 Å². The van der Waals surface area contributed by atoms with Crippen molar-refractivity contribution in [2.75, 3.05) is 6.61 Å². The molecule has 9 rings (SSSR count). The molecule has 59 heavy (non-hydrogen) atoms. The summed E-state index contributed by atoms with van der Waals surface area (Å²) in [4.78, 5) is 0. The lowest BCUT2D eigenvalue weighted by molar-refractivity contribution is 0.299. The van der Waals surface area contributed by atoms with Crippen LogP contribution in [0.5, 0.6) is 5.75 Å². The first-order chi connectivity index (χ1) is 29.0. The Morgan fingerprint density at radius 2 is 1.02 bits per heavy atom. The number of para-hydroxylation sites is 4. The molecule has 0 saturated carbocycles. The number of ether oxygens (including phenoxy) is 1. The van der Waals surface area contributed by atoms with Gasteiger partial charge in [-0.3, -0.25) is 0 Å². The SMILES string of the molecule is CCC.CCC(C)CC(C)CCCCCOc1cccc(-c2nnc(-c3cc(-n4c5ccccc5c5ccccc54)cc(-n4c5ccccc5c5ccccc54)c3)o2)c1. The first-order valence-electron chi connectivity index (χ1n) is 21.7. The molecule has 9 aromatic rings. The Bertz CT molecular complexity index is 2570. The van der Waals surface area contributed by atoms with Crippen molar-refractivity contribution in [1.82, 2.24) is 19.3 Å². The third kappa shape index (κ3) is 8.40. The molecule has 2 unspecified atom stereocenters. The third-order valence-electron chi connectivity index (χ3n) is 11.4. The monoisotopic (exact) mass is 780 g/mol. The Balaban J connectivity index is 0.00000157. The maximum absolute atomic E-state index is 6.52. The van der Waals surface area contributed by atoms with E-state index in [0.717, 1.165) is 68.6 Å². The average Bonchev–Trinajstić information content (AvgIpc) is 3.99. The first-order valence-corrected chi connectivity index (χ1v) is 21.7. The van der Waals surface area contributed by atoms with Gasteiger partial charge in [0.2, 0.25) is 11.8 Å². The topological polar surface area (TPSA) is 58.0 Å². The van der Waals surface area contributed by atoms with Crippen LogP contribution in [0.2, 0.25) is 0 Å². The zero-order chi connectivity index (χ0) is 40.7. The van der Waals surface area contributed by atoms with Crippen LogP contribution in [0, 0.1) is 11.8 Å². The molecule has 0 saturated heterocycles. The molecule has 3 heterocycles. The fourth-order valence-corrected chi connectivity index (χ4v) is 8.49. The van der Waals surface area contributed by atoms with Gasteiger partial charge in [0, 0.05) is 44.0 Å². The summed E-state index contributed by atoms with van der Waals surface area (Å²) in [7, 11) is 0. The summed E-state index contributed by atoms with van der Waals surface area (Å²) in [6.07, 6.45) is 8.61. The molecule has 0 N–H and O–H groups in total. The van der Waals surface area contributed by atoms with Crippen molar-refractivity contribution in [2.24, 2.45) is 11.8 Å². The fourth-order valence-electron chi connectivity index (χ4n) is 8.49. The minimum atomic E-state index is 0.457. The van der Waals surface area contributed by atoms with Crippen molar-refractivity contribution in [1.29, 1.82) is 0 Å². The molecule has 2 atom stereocenters. The predicted octanol–water partition coefficient (Wildman–Crippen LogP) is 15.0. The summed E-state index contributed by atoms with van der Waals surface area (Å²) < 4.78 is 17.4. The molecule has 0 amide bonds. The highest BCUT2D eigenvalue weighted by atomic mass is 16.5. The van der Waals surface area contributed by atoms with Crippen molar-refractivity contribution in [3.05, 3.63) is 140 Å². The van der Waals surface area contributed by atoms with Gasteiger partial charge in [0.05, 0.1) is 28.7 Å². The largest absolute Gasteiger partial charge is 0.494 e. The zero-order valence-corrected chi connectivity index (χ0v) is 35.2. The lowest BCUT2D eigenvalue weighted by Gasteiger charge is -2.15. The minimum absolute atomic E-state index is 0.457. The van der Waals surface area contributed by atoms with Crippen LogP contribution < -0.4 is 4.74 Å². The fraction of sp³-hybridized carbons (Fsp3) is 0.283. The Morgan fingerprint density at radius 3 is 1.53 bits per heavy atom. The Kier molecular flexibility index (Phi) is 12.2. The average molecular weight is 781 g/mol. The van der Waals surface area contributed by atoms with Crippen LogP contribution in [-0.4, -0.2) is 25.9 Å². The van der Waals surface area contributed by atoms with Crippen LogP contribution in [0.25, 0.3) is 77.9 Å². The van der Waals surface area contributed by atoms with Gasteiger partial charge < -0.3 is 18.3 Å². The van der Waals surface area contributed by atoms with E-state index in [4.69, 9.17) is 9.15 Å². The normalized spacial score (nSPS) is 12.6. The molecule has 0 bridgehead atoms. The van der Waals surface area contributed by atoms with E-state index in [-0.39, 0.29) is 0 Å². The molecule has 0 aliphatic rings. The maximum Gasteiger partial charge on any atom is 0.248 e. The van der Waals surface area contributed by atoms with Crippen LogP contribution in [0.15, 0.2) is 144 Å². The molecule has 0 radical (unpaired) electrons. The second-order valence-corrected chi connectivity index (χ2v) is 16.2. The van der Waals surface area contributed by atoms with Crippen LogP contribution in [-0.2, 0) is 0 Å². The molecule has 6 nitrogen and oxygen atoms in total. The van der Waals surface area contributed by atoms with Crippen LogP contribution in [0.4, 0.5) is 0 Å². The quantitative estimate of drug-likeness (QED) is 0.103. The van der Waals surface area contributed by atoms with Gasteiger partial charge in [-0.05, 0) is 85.3 Å². The van der Waals surface area contributed by atoms with E-state index >= 15 is 0 Å². The molecule has 300 valence electrons. The predicted molar refractivity (Wildman–Crippen MR) is 247 cm³/mol. The number of nitrogens with zero attached hydrogens (tertiary/aromatic N) is 4. The van der Waals surface area contributed by atoms with Gasteiger partial charge in [-0.25, -0.2) is 0 Å². The van der Waals surface area contributed by atoms with Crippen molar-refractivity contribution in [3.63, 3.8) is 0 Å². The van der Waals surface area contributed by atoms with E-state index in [1.54, 1.807) is 0 Å². The summed E-state index contributed by atoms with van der Waals surface area (Å²) in [5.41, 5.74) is 8.24.